The van der Waals surface area contributed by atoms with Crippen molar-refractivity contribution in [3.63, 3.8) is 0 Å². The number of amides is 2. The molecule has 0 aromatic carbocycles. The molecule has 2 fully saturated rings. The van der Waals surface area contributed by atoms with Crippen LogP contribution in [0.15, 0.2) is 0 Å². The van der Waals surface area contributed by atoms with E-state index in [1.165, 1.54) is 0 Å². The minimum atomic E-state index is -0.330. The number of rotatable bonds is 3. The molecule has 1 aliphatic carbocycles. The Morgan fingerprint density at radius 2 is 2.17 bits per heavy atom. The zero-order valence-electron chi connectivity index (χ0n) is 10.8. The second-order valence-electron chi connectivity index (χ2n) is 5.55. The Bertz CT molecular complexity index is 319. The summed E-state index contributed by atoms with van der Waals surface area (Å²) in [7, 11) is 0. The summed E-state index contributed by atoms with van der Waals surface area (Å²) in [5.41, 5.74) is 5.91. The highest BCUT2D eigenvalue weighted by molar-refractivity contribution is 5.88. The molecular weight excluding hydrogens is 230 g/mol. The lowest BCUT2D eigenvalue weighted by Gasteiger charge is -2.27. The minimum Gasteiger partial charge on any atom is -0.354 e. The number of nitrogens with two attached hydrogens (primary N) is 1. The van der Waals surface area contributed by atoms with Crippen molar-refractivity contribution in [3.8, 4) is 0 Å². The van der Waals surface area contributed by atoms with Gasteiger partial charge in [0.15, 0.2) is 0 Å². The molecule has 3 atom stereocenters. The molecule has 2 amide bonds. The second-order valence-corrected chi connectivity index (χ2v) is 5.55. The molecule has 2 aliphatic rings. The first-order chi connectivity index (χ1) is 8.65. The van der Waals surface area contributed by atoms with E-state index >= 15 is 0 Å². The van der Waals surface area contributed by atoms with Gasteiger partial charge in [0.1, 0.15) is 6.04 Å². The normalized spacial score (nSPS) is 32.7. The average Bonchev–Trinajstić information content (AvgIpc) is 2.32. The smallest absolute Gasteiger partial charge is 0.242 e. The summed E-state index contributed by atoms with van der Waals surface area (Å²) >= 11 is 0. The molecule has 1 aliphatic heterocycles. The molecule has 0 bridgehead atoms. The molecule has 2 rings (SSSR count). The first-order valence-electron chi connectivity index (χ1n) is 6.98. The Morgan fingerprint density at radius 1 is 1.33 bits per heavy atom. The first-order valence-corrected chi connectivity index (χ1v) is 6.98. The predicted molar refractivity (Wildman–Crippen MR) is 68.7 cm³/mol. The van der Waals surface area contributed by atoms with Crippen LogP contribution in [-0.2, 0) is 9.59 Å². The van der Waals surface area contributed by atoms with Crippen LogP contribution in [0.1, 0.15) is 44.9 Å². The fourth-order valence-electron chi connectivity index (χ4n) is 2.94. The number of carbonyl (C=O) groups is 2. The van der Waals surface area contributed by atoms with Gasteiger partial charge >= 0.3 is 0 Å². The van der Waals surface area contributed by atoms with Gasteiger partial charge in [-0.25, -0.2) is 0 Å². The van der Waals surface area contributed by atoms with E-state index in [1.807, 2.05) is 0 Å². The SMILES string of the molecule is NC1CCCC(CC(=O)NC2CCCNC2=O)C1. The minimum absolute atomic E-state index is 0.00356. The van der Waals surface area contributed by atoms with E-state index in [2.05, 4.69) is 10.6 Å². The van der Waals surface area contributed by atoms with Crippen molar-refractivity contribution in [2.24, 2.45) is 11.7 Å². The average molecular weight is 253 g/mol. The second kappa shape index (κ2) is 6.18. The maximum Gasteiger partial charge on any atom is 0.242 e. The predicted octanol–water partition coefficient (Wildman–Crippen LogP) is 0.289. The van der Waals surface area contributed by atoms with Gasteiger partial charge in [-0.1, -0.05) is 6.42 Å². The number of carbonyl (C=O) groups excluding carboxylic acids is 2. The van der Waals surface area contributed by atoms with Crippen molar-refractivity contribution in [1.82, 2.24) is 10.6 Å². The van der Waals surface area contributed by atoms with Gasteiger partial charge in [-0.15, -0.1) is 0 Å². The number of hydrogen-bond acceptors (Lipinski definition) is 3. The van der Waals surface area contributed by atoms with Crippen LogP contribution in [0.2, 0.25) is 0 Å². The number of hydrogen-bond donors (Lipinski definition) is 3. The van der Waals surface area contributed by atoms with E-state index < -0.39 is 0 Å². The van der Waals surface area contributed by atoms with Gasteiger partial charge < -0.3 is 16.4 Å². The summed E-state index contributed by atoms with van der Waals surface area (Å²) < 4.78 is 0. The lowest BCUT2D eigenvalue weighted by Crippen LogP contribution is -2.50. The first kappa shape index (κ1) is 13.3. The highest BCUT2D eigenvalue weighted by atomic mass is 16.2. The van der Waals surface area contributed by atoms with E-state index in [1.54, 1.807) is 0 Å². The van der Waals surface area contributed by atoms with Gasteiger partial charge in [0.25, 0.3) is 0 Å². The summed E-state index contributed by atoms with van der Waals surface area (Å²) in [5, 5.41) is 5.61. The Balaban J connectivity index is 1.75. The molecule has 102 valence electrons. The van der Waals surface area contributed by atoms with Crippen LogP contribution in [-0.4, -0.2) is 30.4 Å². The third kappa shape index (κ3) is 3.70. The van der Waals surface area contributed by atoms with Gasteiger partial charge in [0.2, 0.25) is 11.8 Å². The van der Waals surface area contributed by atoms with Crippen LogP contribution < -0.4 is 16.4 Å². The fraction of sp³-hybridized carbons (Fsp3) is 0.846. The lowest BCUT2D eigenvalue weighted by molar-refractivity contribution is -0.130. The summed E-state index contributed by atoms with van der Waals surface area (Å²) in [5.74, 6) is 0.339. The lowest BCUT2D eigenvalue weighted by atomic mass is 9.84. The molecule has 1 heterocycles. The number of nitrogens with one attached hydrogen (secondary N) is 2. The van der Waals surface area contributed by atoms with Gasteiger partial charge in [0, 0.05) is 19.0 Å². The maximum absolute atomic E-state index is 11.9. The highest BCUT2D eigenvalue weighted by Crippen LogP contribution is 2.25. The van der Waals surface area contributed by atoms with Crippen molar-refractivity contribution in [2.45, 2.75) is 57.0 Å². The monoisotopic (exact) mass is 253 g/mol. The molecule has 18 heavy (non-hydrogen) atoms. The quantitative estimate of drug-likeness (QED) is 0.676. The molecule has 1 saturated heterocycles. The molecule has 4 N–H and O–H groups in total. The standard InChI is InChI=1S/C13H23N3O2/c14-10-4-1-3-9(7-10)8-12(17)16-11-5-2-6-15-13(11)18/h9-11H,1-8,14H2,(H,15,18)(H,16,17). The van der Waals surface area contributed by atoms with Crippen molar-refractivity contribution in [3.05, 3.63) is 0 Å². The molecule has 1 saturated carbocycles. The molecular formula is C13H23N3O2. The van der Waals surface area contributed by atoms with Crippen molar-refractivity contribution in [2.75, 3.05) is 6.54 Å². The van der Waals surface area contributed by atoms with Crippen molar-refractivity contribution < 1.29 is 9.59 Å². The van der Waals surface area contributed by atoms with Gasteiger partial charge in [0.05, 0.1) is 0 Å². The molecule has 0 radical (unpaired) electrons. The molecule has 0 aromatic rings. The molecule has 0 aromatic heterocycles. The summed E-state index contributed by atoms with van der Waals surface area (Å²) in [6.45, 7) is 0.725. The van der Waals surface area contributed by atoms with E-state index in [4.69, 9.17) is 5.73 Å². The Hall–Kier alpha value is -1.10. The van der Waals surface area contributed by atoms with Gasteiger partial charge in [-0.3, -0.25) is 9.59 Å². The van der Waals surface area contributed by atoms with Crippen LogP contribution in [0, 0.1) is 5.92 Å². The van der Waals surface area contributed by atoms with E-state index in [0.717, 1.165) is 45.1 Å². The van der Waals surface area contributed by atoms with Crippen molar-refractivity contribution in [1.29, 1.82) is 0 Å². The molecule has 0 spiro atoms. The van der Waals surface area contributed by atoms with Gasteiger partial charge in [-0.05, 0) is 38.0 Å². The Kier molecular flexibility index (Phi) is 4.58. The van der Waals surface area contributed by atoms with Gasteiger partial charge in [-0.2, -0.15) is 0 Å². The summed E-state index contributed by atoms with van der Waals surface area (Å²) in [6, 6.07) is -0.0851. The fourth-order valence-corrected chi connectivity index (χ4v) is 2.94. The third-order valence-corrected chi connectivity index (χ3v) is 3.92. The molecule has 5 heteroatoms. The van der Waals surface area contributed by atoms with Crippen LogP contribution in [0.4, 0.5) is 0 Å². The van der Waals surface area contributed by atoms with E-state index in [0.29, 0.717) is 12.3 Å². The largest absolute Gasteiger partial charge is 0.354 e. The molecule has 3 unspecified atom stereocenters. The zero-order valence-corrected chi connectivity index (χ0v) is 10.8. The van der Waals surface area contributed by atoms with Crippen LogP contribution >= 0.6 is 0 Å². The number of piperidine rings is 1. The zero-order chi connectivity index (χ0) is 13.0. The Morgan fingerprint density at radius 3 is 2.89 bits per heavy atom. The summed E-state index contributed by atoms with van der Waals surface area (Å²) in [6.07, 6.45) is 6.40. The van der Waals surface area contributed by atoms with Crippen LogP contribution in [0.3, 0.4) is 0 Å². The van der Waals surface area contributed by atoms with Crippen LogP contribution in [0.5, 0.6) is 0 Å². The van der Waals surface area contributed by atoms with E-state index in [-0.39, 0.29) is 23.9 Å². The summed E-state index contributed by atoms with van der Waals surface area (Å²) in [4.78, 5) is 23.4. The third-order valence-electron chi connectivity index (χ3n) is 3.92. The highest BCUT2D eigenvalue weighted by Gasteiger charge is 2.26. The van der Waals surface area contributed by atoms with E-state index in [9.17, 15) is 9.59 Å². The maximum atomic E-state index is 11.9. The Labute approximate surface area is 108 Å². The topological polar surface area (TPSA) is 84.2 Å². The van der Waals surface area contributed by atoms with Crippen LogP contribution in [0.25, 0.3) is 0 Å². The molecule has 5 nitrogen and oxygen atoms in total. The van der Waals surface area contributed by atoms with Crippen molar-refractivity contribution >= 4 is 11.8 Å².